The molecule has 224 valence electrons. The number of alkyl halides is 3. The molecule has 1 saturated heterocycles. The summed E-state index contributed by atoms with van der Waals surface area (Å²) in [5.74, 6) is 0. The van der Waals surface area contributed by atoms with Crippen molar-refractivity contribution in [3.05, 3.63) is 64.0 Å². The summed E-state index contributed by atoms with van der Waals surface area (Å²) < 4.78 is 67.2. The lowest BCUT2D eigenvalue weighted by Gasteiger charge is -2.43. The number of allylic oxidation sites excluding steroid dienone is 2. The number of aromatic nitrogens is 2. The summed E-state index contributed by atoms with van der Waals surface area (Å²) in [6.45, 7) is 7.44. The number of piperazine rings is 1. The van der Waals surface area contributed by atoms with E-state index in [0.29, 0.717) is 35.8 Å². The van der Waals surface area contributed by atoms with Crippen molar-refractivity contribution in [3.8, 4) is 11.3 Å². The van der Waals surface area contributed by atoms with Crippen molar-refractivity contribution in [1.82, 2.24) is 23.9 Å². The molecule has 0 amide bonds. The molecule has 1 aromatic heterocycles. The summed E-state index contributed by atoms with van der Waals surface area (Å²) in [4.78, 5) is 4.69. The lowest BCUT2D eigenvalue weighted by molar-refractivity contribution is -0.137. The zero-order valence-corrected chi connectivity index (χ0v) is 24.9. The van der Waals surface area contributed by atoms with E-state index in [0.717, 1.165) is 74.7 Å². The minimum absolute atomic E-state index is 0.153. The van der Waals surface area contributed by atoms with Crippen molar-refractivity contribution < 1.29 is 21.6 Å². The van der Waals surface area contributed by atoms with Crippen molar-refractivity contribution in [1.29, 1.82) is 0 Å². The molecule has 1 aromatic carbocycles. The molecule has 41 heavy (non-hydrogen) atoms. The Morgan fingerprint density at radius 2 is 1.76 bits per heavy atom. The van der Waals surface area contributed by atoms with Gasteiger partial charge < -0.3 is 10.6 Å². The Balaban J connectivity index is 1.27. The average molecular weight is 613 g/mol. The smallest absolute Gasteiger partial charge is 0.370 e. The van der Waals surface area contributed by atoms with Gasteiger partial charge >= 0.3 is 6.18 Å². The second kappa shape index (κ2) is 11.4. The van der Waals surface area contributed by atoms with E-state index in [4.69, 9.17) is 22.4 Å². The Labute approximate surface area is 244 Å². The highest BCUT2D eigenvalue weighted by Crippen LogP contribution is 2.35. The molecule has 2 aliphatic heterocycles. The molecule has 5 rings (SSSR count). The molecule has 2 aromatic rings. The molecule has 0 saturated carbocycles. The van der Waals surface area contributed by atoms with E-state index in [1.165, 1.54) is 22.7 Å². The van der Waals surface area contributed by atoms with Crippen LogP contribution in [0.25, 0.3) is 11.3 Å². The topological polar surface area (TPSA) is 87.7 Å². The third kappa shape index (κ3) is 6.51. The lowest BCUT2D eigenvalue weighted by Crippen LogP contribution is -2.53. The number of halogens is 4. The minimum Gasteiger partial charge on any atom is -0.370 e. The second-order valence-electron chi connectivity index (χ2n) is 11.3. The third-order valence-electron chi connectivity index (χ3n) is 8.16. The minimum atomic E-state index is -4.43. The molecule has 0 spiro atoms. The monoisotopic (exact) mass is 612 g/mol. The maximum Gasteiger partial charge on any atom is 0.416 e. The molecule has 3 aliphatic rings. The summed E-state index contributed by atoms with van der Waals surface area (Å²) in [5, 5.41) is 5.50. The Hall–Kier alpha value is -2.38. The SMILES string of the molecule is CC1(N)CC=CC(Cl)=C1N1CCN(CCCn2nc(-c3ccc(C(F)(F)F)cc3)c3c2CCN(S(C)(=O)=O)C3)CC1. The third-order valence-corrected chi connectivity index (χ3v) is 9.71. The molecule has 0 radical (unpaired) electrons. The zero-order valence-electron chi connectivity index (χ0n) is 23.3. The van der Waals surface area contributed by atoms with Crippen LogP contribution in [0.1, 0.15) is 36.6 Å². The van der Waals surface area contributed by atoms with Crippen molar-refractivity contribution in [2.75, 3.05) is 45.5 Å². The van der Waals surface area contributed by atoms with Crippen LogP contribution < -0.4 is 5.73 Å². The summed E-state index contributed by atoms with van der Waals surface area (Å²) in [7, 11) is -3.43. The number of hydrogen-bond donors (Lipinski definition) is 1. The van der Waals surface area contributed by atoms with Gasteiger partial charge in [0.1, 0.15) is 0 Å². The number of benzene rings is 1. The fourth-order valence-corrected chi connectivity index (χ4v) is 7.20. The van der Waals surface area contributed by atoms with Crippen LogP contribution in [0, 0.1) is 0 Å². The molecule has 0 bridgehead atoms. The summed E-state index contributed by atoms with van der Waals surface area (Å²) in [6, 6.07) is 4.89. The molecule has 1 unspecified atom stereocenters. The molecule has 1 fully saturated rings. The van der Waals surface area contributed by atoms with Crippen LogP contribution in [0.15, 0.2) is 47.1 Å². The molecule has 13 heteroatoms. The summed E-state index contributed by atoms with van der Waals surface area (Å²) in [5.41, 5.74) is 9.10. The van der Waals surface area contributed by atoms with E-state index in [1.807, 2.05) is 23.8 Å². The van der Waals surface area contributed by atoms with Crippen LogP contribution in [-0.2, 0) is 35.7 Å². The molecular formula is C28H36ClF3N6O2S. The number of aryl methyl sites for hydroxylation is 1. The lowest BCUT2D eigenvalue weighted by atomic mass is 9.89. The first kappa shape index (κ1) is 30.1. The zero-order chi connectivity index (χ0) is 29.6. The first-order valence-corrected chi connectivity index (χ1v) is 16.0. The van der Waals surface area contributed by atoms with Crippen molar-refractivity contribution >= 4 is 21.6 Å². The highest BCUT2D eigenvalue weighted by Gasteiger charge is 2.34. The van der Waals surface area contributed by atoms with Gasteiger partial charge in [0.15, 0.2) is 0 Å². The van der Waals surface area contributed by atoms with Crippen LogP contribution in [0.5, 0.6) is 0 Å². The molecule has 8 nitrogen and oxygen atoms in total. The Bertz CT molecular complexity index is 1440. The van der Waals surface area contributed by atoms with E-state index in [-0.39, 0.29) is 6.54 Å². The number of sulfonamides is 1. The van der Waals surface area contributed by atoms with Crippen LogP contribution in [0.4, 0.5) is 13.2 Å². The number of nitrogens with zero attached hydrogens (tertiary/aromatic N) is 5. The first-order valence-electron chi connectivity index (χ1n) is 13.8. The van der Waals surface area contributed by atoms with Gasteiger partial charge in [0.2, 0.25) is 10.0 Å². The second-order valence-corrected chi connectivity index (χ2v) is 13.7. The molecule has 1 atom stereocenters. The maximum absolute atomic E-state index is 13.1. The van der Waals surface area contributed by atoms with Crippen molar-refractivity contribution in [3.63, 3.8) is 0 Å². The van der Waals surface area contributed by atoms with Gasteiger partial charge in [-0.2, -0.15) is 22.6 Å². The number of nitrogens with two attached hydrogens (primary N) is 1. The fourth-order valence-electron chi connectivity index (χ4n) is 5.99. The van der Waals surface area contributed by atoms with Gasteiger partial charge in [0.05, 0.1) is 33.8 Å². The molecule has 3 heterocycles. The van der Waals surface area contributed by atoms with Gasteiger partial charge in [0, 0.05) is 75.6 Å². The molecule has 2 N–H and O–H groups in total. The Kier molecular flexibility index (Phi) is 8.34. The van der Waals surface area contributed by atoms with Crippen LogP contribution in [0.2, 0.25) is 0 Å². The Morgan fingerprint density at radius 3 is 2.37 bits per heavy atom. The van der Waals surface area contributed by atoms with Gasteiger partial charge in [-0.25, -0.2) is 8.42 Å². The van der Waals surface area contributed by atoms with Crippen LogP contribution >= 0.6 is 11.6 Å². The van der Waals surface area contributed by atoms with Gasteiger partial charge in [-0.15, -0.1) is 0 Å². The largest absolute Gasteiger partial charge is 0.416 e. The molecule has 1 aliphatic carbocycles. The standard InChI is InChI=1S/C28H36ClF3N6O2S/c1-27(33)11-3-5-23(29)26(27)36-17-15-35(16-18-36)12-4-13-38-24-10-14-37(41(2,39)40)19-22(24)25(34-38)20-6-8-21(9-7-20)28(30,31)32/h3,5-9H,4,10-19,33H2,1-2H3. The van der Waals surface area contributed by atoms with Crippen LogP contribution in [-0.4, -0.2) is 83.4 Å². The highest BCUT2D eigenvalue weighted by molar-refractivity contribution is 7.88. The number of rotatable bonds is 7. The predicted molar refractivity (Wildman–Crippen MR) is 153 cm³/mol. The van der Waals surface area contributed by atoms with Crippen molar-refractivity contribution in [2.24, 2.45) is 5.73 Å². The van der Waals surface area contributed by atoms with Gasteiger partial charge in [0.25, 0.3) is 0 Å². The number of hydrogen-bond acceptors (Lipinski definition) is 6. The van der Waals surface area contributed by atoms with Gasteiger partial charge in [-0.1, -0.05) is 29.8 Å². The van der Waals surface area contributed by atoms with Gasteiger partial charge in [-0.3, -0.25) is 9.58 Å². The number of fused-ring (bicyclic) bond motifs is 1. The van der Waals surface area contributed by atoms with E-state index < -0.39 is 27.3 Å². The average Bonchev–Trinajstić information content (AvgIpc) is 3.26. The Morgan fingerprint density at radius 1 is 1.07 bits per heavy atom. The quantitative estimate of drug-likeness (QED) is 0.508. The van der Waals surface area contributed by atoms with E-state index in [2.05, 4.69) is 9.80 Å². The van der Waals surface area contributed by atoms with E-state index in [1.54, 1.807) is 0 Å². The van der Waals surface area contributed by atoms with E-state index in [9.17, 15) is 21.6 Å². The van der Waals surface area contributed by atoms with Gasteiger partial charge in [-0.05, 0) is 38.0 Å². The maximum atomic E-state index is 13.1. The fraction of sp³-hybridized carbons (Fsp3) is 0.536. The first-order chi connectivity index (χ1) is 19.2. The summed E-state index contributed by atoms with van der Waals surface area (Å²) >= 11 is 6.52. The predicted octanol–water partition coefficient (Wildman–Crippen LogP) is 4.02. The summed E-state index contributed by atoms with van der Waals surface area (Å²) in [6.07, 6.45) is 2.76. The molecular weight excluding hydrogens is 577 g/mol. The highest BCUT2D eigenvalue weighted by atomic mass is 35.5. The van der Waals surface area contributed by atoms with Crippen molar-refractivity contribution in [2.45, 2.75) is 51.0 Å². The van der Waals surface area contributed by atoms with E-state index >= 15 is 0 Å². The normalized spacial score (nSPS) is 22.9. The van der Waals surface area contributed by atoms with Crippen LogP contribution in [0.3, 0.4) is 0 Å².